The van der Waals surface area contributed by atoms with Crippen LogP contribution in [0.1, 0.15) is 24.1 Å². The molecule has 0 saturated heterocycles. The minimum atomic E-state index is 0. The summed E-state index contributed by atoms with van der Waals surface area (Å²) in [6, 6.07) is 18.9. The van der Waals surface area contributed by atoms with Crippen LogP contribution in [0.15, 0.2) is 73.2 Å². The van der Waals surface area contributed by atoms with Crippen molar-refractivity contribution in [3.8, 4) is 0 Å². The minimum Gasteiger partial charge on any atom is -0.285 e. The maximum atomic E-state index is 4.08. The molecule has 4 heteroatoms. The fourth-order valence-corrected chi connectivity index (χ4v) is 2.60. The average molecular weight is 314 g/mol. The van der Waals surface area contributed by atoms with E-state index in [1.165, 1.54) is 11.3 Å². The van der Waals surface area contributed by atoms with Gasteiger partial charge < -0.3 is 0 Å². The van der Waals surface area contributed by atoms with Crippen LogP contribution in [-0.2, 0) is 0 Å². The van der Waals surface area contributed by atoms with Crippen LogP contribution in [0, 0.1) is 0 Å². The number of nitrogens with zero attached hydrogens (tertiary/aromatic N) is 3. The van der Waals surface area contributed by atoms with E-state index in [4.69, 9.17) is 0 Å². The molecule has 0 radical (unpaired) electrons. The van der Waals surface area contributed by atoms with Crippen molar-refractivity contribution < 1.29 is 0 Å². The quantitative estimate of drug-likeness (QED) is 0.713. The standard InChI is InChI=1S/C18H19N3.ClH/c1-15(16-7-4-3-5-8-16)18-9-6-14-21(18)20(2)17-10-12-19-13-11-17;/h3-15H,1-2H3;1H. The second-order valence-corrected chi connectivity index (χ2v) is 5.14. The van der Waals surface area contributed by atoms with Gasteiger partial charge in [0.1, 0.15) is 0 Å². The SMILES string of the molecule is CC(c1ccccc1)c1cccn1N(C)c1ccncc1.Cl. The Hall–Kier alpha value is -2.26. The molecule has 0 saturated carbocycles. The van der Waals surface area contributed by atoms with Crippen LogP contribution >= 0.6 is 12.4 Å². The first kappa shape index (κ1) is 16.1. The molecule has 3 rings (SSSR count). The summed E-state index contributed by atoms with van der Waals surface area (Å²) in [6.07, 6.45) is 5.72. The molecule has 3 nitrogen and oxygen atoms in total. The number of anilines is 1. The van der Waals surface area contributed by atoms with Gasteiger partial charge in [-0.2, -0.15) is 0 Å². The zero-order valence-electron chi connectivity index (χ0n) is 12.8. The summed E-state index contributed by atoms with van der Waals surface area (Å²) in [5, 5.41) is 2.14. The highest BCUT2D eigenvalue weighted by Gasteiger charge is 2.14. The van der Waals surface area contributed by atoms with Crippen LogP contribution in [0.25, 0.3) is 0 Å². The molecule has 0 aliphatic carbocycles. The second kappa shape index (κ2) is 7.14. The van der Waals surface area contributed by atoms with Gasteiger partial charge in [-0.05, 0) is 29.8 Å². The smallest absolute Gasteiger partial charge is 0.0605 e. The maximum Gasteiger partial charge on any atom is 0.0605 e. The molecule has 0 fully saturated rings. The van der Waals surface area contributed by atoms with Crippen LogP contribution in [0.2, 0.25) is 0 Å². The van der Waals surface area contributed by atoms with E-state index in [2.05, 4.69) is 77.3 Å². The molecule has 2 aromatic heterocycles. The van der Waals surface area contributed by atoms with Gasteiger partial charge in [0.15, 0.2) is 0 Å². The summed E-state index contributed by atoms with van der Waals surface area (Å²) in [7, 11) is 2.07. The zero-order chi connectivity index (χ0) is 14.7. The average Bonchev–Trinajstić information content (AvgIpc) is 3.04. The fourth-order valence-electron chi connectivity index (χ4n) is 2.60. The second-order valence-electron chi connectivity index (χ2n) is 5.14. The van der Waals surface area contributed by atoms with Crippen molar-refractivity contribution in [3.63, 3.8) is 0 Å². The number of benzene rings is 1. The monoisotopic (exact) mass is 313 g/mol. The number of pyridine rings is 1. The zero-order valence-corrected chi connectivity index (χ0v) is 13.6. The van der Waals surface area contributed by atoms with E-state index in [-0.39, 0.29) is 12.4 Å². The normalized spacial score (nSPS) is 11.5. The first-order chi connectivity index (χ1) is 10.3. The maximum absolute atomic E-state index is 4.08. The van der Waals surface area contributed by atoms with Gasteiger partial charge in [0.2, 0.25) is 0 Å². The Labute approximate surface area is 137 Å². The molecule has 0 aliphatic heterocycles. The predicted molar refractivity (Wildman–Crippen MR) is 93.7 cm³/mol. The molecule has 0 aliphatic rings. The fraction of sp³-hybridized carbons (Fsp3) is 0.167. The van der Waals surface area contributed by atoms with Crippen molar-refractivity contribution in [2.24, 2.45) is 0 Å². The van der Waals surface area contributed by atoms with Gasteiger partial charge in [-0.15, -0.1) is 12.4 Å². The number of hydrogen-bond donors (Lipinski definition) is 0. The third-order valence-electron chi connectivity index (χ3n) is 3.86. The Morgan fingerprint density at radius 3 is 2.32 bits per heavy atom. The summed E-state index contributed by atoms with van der Waals surface area (Å²) in [4.78, 5) is 4.08. The molecule has 1 unspecified atom stereocenters. The van der Waals surface area contributed by atoms with Crippen molar-refractivity contribution in [3.05, 3.63) is 84.4 Å². The highest BCUT2D eigenvalue weighted by molar-refractivity contribution is 5.85. The Morgan fingerprint density at radius 1 is 0.955 bits per heavy atom. The van der Waals surface area contributed by atoms with Crippen molar-refractivity contribution in [1.29, 1.82) is 0 Å². The molecule has 114 valence electrons. The van der Waals surface area contributed by atoms with Crippen LogP contribution in [-0.4, -0.2) is 16.7 Å². The van der Waals surface area contributed by atoms with Gasteiger partial charge in [0.25, 0.3) is 0 Å². The molecule has 0 spiro atoms. The summed E-state index contributed by atoms with van der Waals surface area (Å²) in [5.74, 6) is 0.338. The van der Waals surface area contributed by atoms with Crippen molar-refractivity contribution in [1.82, 2.24) is 9.66 Å². The Morgan fingerprint density at radius 2 is 1.64 bits per heavy atom. The van der Waals surface area contributed by atoms with E-state index in [1.54, 1.807) is 0 Å². The largest absolute Gasteiger partial charge is 0.285 e. The predicted octanol–water partition coefficient (Wildman–Crippen LogP) is 4.36. The number of rotatable bonds is 4. The van der Waals surface area contributed by atoms with Gasteiger partial charge in [-0.3, -0.25) is 14.7 Å². The first-order valence-corrected chi connectivity index (χ1v) is 7.13. The lowest BCUT2D eigenvalue weighted by atomic mass is 9.98. The molecular formula is C18H20ClN3. The van der Waals surface area contributed by atoms with Gasteiger partial charge in [-0.25, -0.2) is 0 Å². The molecule has 3 aromatic rings. The lowest BCUT2D eigenvalue weighted by molar-refractivity contribution is 0.698. The van der Waals surface area contributed by atoms with Gasteiger partial charge in [-0.1, -0.05) is 37.3 Å². The molecule has 0 bridgehead atoms. The number of aromatic nitrogens is 2. The van der Waals surface area contributed by atoms with Crippen molar-refractivity contribution in [2.75, 3.05) is 12.1 Å². The molecule has 2 heterocycles. The molecule has 0 N–H and O–H groups in total. The van der Waals surface area contributed by atoms with E-state index in [9.17, 15) is 0 Å². The molecular weight excluding hydrogens is 294 g/mol. The third-order valence-corrected chi connectivity index (χ3v) is 3.86. The summed E-state index contributed by atoms with van der Waals surface area (Å²) >= 11 is 0. The van der Waals surface area contributed by atoms with E-state index >= 15 is 0 Å². The van der Waals surface area contributed by atoms with Crippen LogP contribution in [0.5, 0.6) is 0 Å². The molecule has 1 aromatic carbocycles. The van der Waals surface area contributed by atoms with E-state index in [0.717, 1.165) is 5.69 Å². The number of halogens is 1. The summed E-state index contributed by atoms with van der Waals surface area (Å²) in [6.45, 7) is 2.24. The molecule has 0 amide bonds. The molecule has 1 atom stereocenters. The third kappa shape index (κ3) is 3.15. The van der Waals surface area contributed by atoms with E-state index < -0.39 is 0 Å². The lowest BCUT2D eigenvalue weighted by Gasteiger charge is -2.26. The van der Waals surface area contributed by atoms with Crippen molar-refractivity contribution in [2.45, 2.75) is 12.8 Å². The molecule has 22 heavy (non-hydrogen) atoms. The Kier molecular flexibility index (Phi) is 5.23. The van der Waals surface area contributed by atoms with Crippen LogP contribution in [0.4, 0.5) is 5.69 Å². The lowest BCUT2D eigenvalue weighted by Crippen LogP contribution is -2.26. The number of hydrogen-bond acceptors (Lipinski definition) is 2. The van der Waals surface area contributed by atoms with Gasteiger partial charge >= 0.3 is 0 Å². The first-order valence-electron chi connectivity index (χ1n) is 7.13. The van der Waals surface area contributed by atoms with Crippen LogP contribution < -0.4 is 5.01 Å². The van der Waals surface area contributed by atoms with Crippen LogP contribution in [0.3, 0.4) is 0 Å². The highest BCUT2D eigenvalue weighted by Crippen LogP contribution is 2.26. The van der Waals surface area contributed by atoms with Gasteiger partial charge in [0.05, 0.1) is 5.69 Å². The van der Waals surface area contributed by atoms with Gasteiger partial charge in [0, 0.05) is 37.3 Å². The Balaban J connectivity index is 0.00000176. The summed E-state index contributed by atoms with van der Waals surface area (Å²) in [5.41, 5.74) is 3.70. The highest BCUT2D eigenvalue weighted by atomic mass is 35.5. The Bertz CT molecular complexity index is 635. The van der Waals surface area contributed by atoms with E-state index in [0.29, 0.717) is 5.92 Å². The van der Waals surface area contributed by atoms with Crippen molar-refractivity contribution >= 4 is 18.1 Å². The topological polar surface area (TPSA) is 21.1 Å². The summed E-state index contributed by atoms with van der Waals surface area (Å²) < 4.78 is 2.19. The minimum absolute atomic E-state index is 0. The van der Waals surface area contributed by atoms with E-state index in [1.807, 2.05) is 24.5 Å².